The first-order valence-electron chi connectivity index (χ1n) is 15.2. The molecule has 0 bridgehead atoms. The van der Waals surface area contributed by atoms with Crippen LogP contribution in [0.15, 0.2) is 97.1 Å². The van der Waals surface area contributed by atoms with Crippen LogP contribution in [0, 0.1) is 49.8 Å². The molecule has 0 aromatic heterocycles. The largest absolute Gasteiger partial charge is 0.418 e. The molecular formula is C34H18F7IN6O8. The summed E-state index contributed by atoms with van der Waals surface area (Å²) in [6, 6.07) is 19.4. The van der Waals surface area contributed by atoms with Crippen molar-refractivity contribution in [2.45, 2.75) is 12.4 Å². The smallest absolute Gasteiger partial charge is 0.349 e. The summed E-state index contributed by atoms with van der Waals surface area (Å²) in [6.07, 6.45) is -10.2. The number of nitro groups is 4. The Hall–Kier alpha value is -6.72. The summed E-state index contributed by atoms with van der Waals surface area (Å²) in [7, 11) is 0. The highest BCUT2D eigenvalue weighted by molar-refractivity contribution is 14.1. The molecule has 0 fully saturated rings. The van der Waals surface area contributed by atoms with Crippen molar-refractivity contribution in [1.82, 2.24) is 0 Å². The Morgan fingerprint density at radius 3 is 1.27 bits per heavy atom. The molecule has 0 saturated carbocycles. The van der Waals surface area contributed by atoms with Gasteiger partial charge < -0.3 is 10.6 Å². The average Bonchev–Trinajstić information content (AvgIpc) is 3.13. The van der Waals surface area contributed by atoms with Crippen molar-refractivity contribution < 1.29 is 50.4 Å². The Morgan fingerprint density at radius 2 is 0.875 bits per heavy atom. The van der Waals surface area contributed by atoms with E-state index >= 15 is 0 Å². The number of hydrogen-bond donors (Lipinski definition) is 2. The molecular weight excluding hydrogens is 880 g/mol. The van der Waals surface area contributed by atoms with Crippen molar-refractivity contribution in [1.29, 1.82) is 0 Å². The summed E-state index contributed by atoms with van der Waals surface area (Å²) in [6.45, 7) is 0. The molecule has 0 aliphatic rings. The van der Waals surface area contributed by atoms with Gasteiger partial charge in [-0.2, -0.15) is 26.3 Å². The van der Waals surface area contributed by atoms with Gasteiger partial charge in [-0.05, 0) is 52.2 Å². The van der Waals surface area contributed by atoms with E-state index in [2.05, 4.69) is 33.2 Å². The highest BCUT2D eigenvalue weighted by atomic mass is 127. The van der Waals surface area contributed by atoms with E-state index in [1.54, 1.807) is 30.3 Å². The average molecular weight is 898 g/mol. The SMILES string of the molecule is O=[N+]([O-])c1cc([N+](=O)[O-])c(Nc2ccc(F)c3ccccc23)c(C(F)(F)F)c1.O=[N+]([O-])c1cc([N+](=O)[O-])c(Nc2ccc(I)c3ccccc23)c(C(F)(F)F)c1. The Balaban J connectivity index is 0.000000214. The van der Waals surface area contributed by atoms with Gasteiger partial charge in [0.15, 0.2) is 0 Å². The zero-order valence-corrected chi connectivity index (χ0v) is 29.5. The lowest BCUT2D eigenvalue weighted by Gasteiger charge is -2.16. The van der Waals surface area contributed by atoms with Gasteiger partial charge in [-0.25, -0.2) is 4.39 Å². The number of nitro benzene ring substituents is 4. The lowest BCUT2D eigenvalue weighted by molar-refractivity contribution is -0.394. The Kier molecular flexibility index (Phi) is 11.2. The lowest BCUT2D eigenvalue weighted by Crippen LogP contribution is -2.12. The number of nitrogens with zero attached hydrogens (tertiary/aromatic N) is 4. The summed E-state index contributed by atoms with van der Waals surface area (Å²) in [4.78, 5) is 40.0. The fourth-order valence-electron chi connectivity index (χ4n) is 5.44. The van der Waals surface area contributed by atoms with E-state index in [0.717, 1.165) is 21.1 Å². The number of fused-ring (bicyclic) bond motifs is 2. The van der Waals surface area contributed by atoms with E-state index in [4.69, 9.17) is 0 Å². The number of hydrogen-bond acceptors (Lipinski definition) is 10. The molecule has 56 heavy (non-hydrogen) atoms. The third-order valence-electron chi connectivity index (χ3n) is 7.89. The van der Waals surface area contributed by atoms with Crippen LogP contribution in [0.4, 0.5) is 76.2 Å². The summed E-state index contributed by atoms with van der Waals surface area (Å²) in [5.41, 5.74) is -8.98. The fourth-order valence-corrected chi connectivity index (χ4v) is 6.09. The van der Waals surface area contributed by atoms with E-state index in [1.807, 2.05) is 0 Å². The second kappa shape index (κ2) is 15.6. The molecule has 0 aliphatic carbocycles. The molecule has 6 aromatic carbocycles. The second-order valence-corrected chi connectivity index (χ2v) is 12.5. The molecule has 0 heterocycles. The molecule has 6 rings (SSSR count). The monoisotopic (exact) mass is 898 g/mol. The van der Waals surface area contributed by atoms with Crippen LogP contribution < -0.4 is 10.6 Å². The zero-order chi connectivity index (χ0) is 41.3. The summed E-state index contributed by atoms with van der Waals surface area (Å²) in [5.74, 6) is -0.629. The maximum Gasteiger partial charge on any atom is 0.418 e. The van der Waals surface area contributed by atoms with E-state index in [1.165, 1.54) is 30.3 Å². The van der Waals surface area contributed by atoms with E-state index in [0.29, 0.717) is 17.5 Å². The van der Waals surface area contributed by atoms with E-state index < -0.39 is 83.1 Å². The summed E-state index contributed by atoms with van der Waals surface area (Å²) >= 11 is 2.06. The maximum atomic E-state index is 13.9. The topological polar surface area (TPSA) is 197 Å². The fraction of sp³-hybridized carbons (Fsp3) is 0.0588. The number of non-ortho nitro benzene ring substituents is 2. The van der Waals surface area contributed by atoms with Crippen molar-refractivity contribution in [2.75, 3.05) is 10.6 Å². The number of benzene rings is 6. The van der Waals surface area contributed by atoms with Gasteiger partial charge in [0, 0.05) is 43.2 Å². The predicted molar refractivity (Wildman–Crippen MR) is 197 cm³/mol. The minimum absolute atomic E-state index is 0.0283. The van der Waals surface area contributed by atoms with Gasteiger partial charge >= 0.3 is 12.4 Å². The van der Waals surface area contributed by atoms with Crippen molar-refractivity contribution >= 4 is 89.6 Å². The molecule has 22 heteroatoms. The van der Waals surface area contributed by atoms with E-state index in [-0.39, 0.29) is 34.3 Å². The second-order valence-electron chi connectivity index (χ2n) is 11.3. The van der Waals surface area contributed by atoms with Gasteiger partial charge in [0.1, 0.15) is 17.2 Å². The molecule has 14 nitrogen and oxygen atoms in total. The summed E-state index contributed by atoms with van der Waals surface area (Å²) in [5, 5.41) is 50.8. The Bertz CT molecular complexity index is 2410. The van der Waals surface area contributed by atoms with Crippen molar-refractivity contribution in [3.05, 3.63) is 158 Å². The molecule has 2 N–H and O–H groups in total. The van der Waals surface area contributed by atoms with Crippen LogP contribution in [-0.2, 0) is 12.4 Å². The highest BCUT2D eigenvalue weighted by Crippen LogP contribution is 2.46. The first-order chi connectivity index (χ1) is 26.2. The molecule has 0 unspecified atom stereocenters. The van der Waals surface area contributed by atoms with Crippen LogP contribution in [0.25, 0.3) is 21.5 Å². The third kappa shape index (κ3) is 8.48. The van der Waals surface area contributed by atoms with Gasteiger partial charge in [0.05, 0.1) is 43.0 Å². The number of rotatable bonds is 8. The first-order valence-corrected chi connectivity index (χ1v) is 16.2. The minimum atomic E-state index is -5.12. The minimum Gasteiger partial charge on any atom is -0.349 e. The molecule has 0 saturated heterocycles. The molecule has 0 radical (unpaired) electrons. The normalized spacial score (nSPS) is 11.4. The third-order valence-corrected chi connectivity index (χ3v) is 8.83. The Morgan fingerprint density at radius 1 is 0.500 bits per heavy atom. The van der Waals surface area contributed by atoms with Gasteiger partial charge in [0.2, 0.25) is 0 Å². The van der Waals surface area contributed by atoms with Gasteiger partial charge in [-0.1, -0.05) is 48.5 Å². The quantitative estimate of drug-likeness (QED) is 0.0642. The number of nitrogens with one attached hydrogen (secondary N) is 2. The van der Waals surface area contributed by atoms with Crippen molar-refractivity contribution in [2.24, 2.45) is 0 Å². The van der Waals surface area contributed by atoms with Crippen LogP contribution >= 0.6 is 22.6 Å². The molecule has 0 spiro atoms. The number of halogens is 8. The van der Waals surface area contributed by atoms with Crippen LogP contribution in [-0.4, -0.2) is 19.7 Å². The van der Waals surface area contributed by atoms with Gasteiger partial charge in [-0.15, -0.1) is 0 Å². The standard InChI is InChI=1S/C17H9F4N3O4.C17H9F3IN3O4/c18-13-5-6-14(11-4-2-1-3-10(11)13)22-16-12(17(19,20)21)7-9(23(25)26)8-15(16)24(27)28;18-17(19,20)12-7-9(23(25)26)8-15(24(27)28)16(12)22-14-6-5-13(21)10-3-1-2-4-11(10)14/h2*1-8,22H. The molecule has 0 amide bonds. The molecule has 6 aromatic rings. The van der Waals surface area contributed by atoms with Crippen LogP contribution in [0.5, 0.6) is 0 Å². The molecule has 288 valence electrons. The van der Waals surface area contributed by atoms with Crippen LogP contribution in [0.1, 0.15) is 11.1 Å². The van der Waals surface area contributed by atoms with Crippen molar-refractivity contribution in [3.63, 3.8) is 0 Å². The van der Waals surface area contributed by atoms with Crippen LogP contribution in [0.2, 0.25) is 0 Å². The van der Waals surface area contributed by atoms with Gasteiger partial charge in [-0.3, -0.25) is 40.5 Å². The molecule has 0 atom stereocenters. The predicted octanol–water partition coefficient (Wildman–Crippen LogP) is 11.6. The number of anilines is 4. The molecule has 0 aliphatic heterocycles. The van der Waals surface area contributed by atoms with Crippen LogP contribution in [0.3, 0.4) is 0 Å². The zero-order valence-electron chi connectivity index (χ0n) is 27.3. The van der Waals surface area contributed by atoms with Gasteiger partial charge in [0.25, 0.3) is 22.7 Å². The van der Waals surface area contributed by atoms with Crippen molar-refractivity contribution in [3.8, 4) is 0 Å². The maximum absolute atomic E-state index is 13.9. The highest BCUT2D eigenvalue weighted by Gasteiger charge is 2.41. The van der Waals surface area contributed by atoms with E-state index in [9.17, 15) is 71.2 Å². The summed E-state index contributed by atoms with van der Waals surface area (Å²) < 4.78 is 95.8. The first kappa shape index (κ1) is 40.5. The number of alkyl halides is 6. The lowest BCUT2D eigenvalue weighted by atomic mass is 10.1. The Labute approximate surface area is 320 Å².